The molecule has 2 aliphatic heterocycles. The first-order chi connectivity index (χ1) is 14.5. The van der Waals surface area contributed by atoms with E-state index in [9.17, 15) is 19.2 Å². The van der Waals surface area contributed by atoms with Crippen LogP contribution >= 0.6 is 0 Å². The summed E-state index contributed by atoms with van der Waals surface area (Å²) in [6.07, 6.45) is -1.13. The lowest BCUT2D eigenvalue weighted by Gasteiger charge is -2.25. The average Bonchev–Trinajstić information content (AvgIpc) is 2.89. The molecule has 8 heteroatoms. The van der Waals surface area contributed by atoms with E-state index in [2.05, 4.69) is 10.6 Å². The molecule has 4 rings (SSSR count). The average molecular weight is 405 g/mol. The Labute approximate surface area is 172 Å². The van der Waals surface area contributed by atoms with Crippen LogP contribution in [0.4, 0.5) is 4.79 Å². The van der Waals surface area contributed by atoms with E-state index in [0.29, 0.717) is 5.56 Å². The zero-order valence-corrected chi connectivity index (χ0v) is 16.2. The minimum absolute atomic E-state index is 0.0900. The molecule has 2 aliphatic rings. The Morgan fingerprint density at radius 1 is 1.00 bits per heavy atom. The molecule has 0 bridgehead atoms. The number of carbonyl (C=O) groups excluding carboxylic acids is 4. The van der Waals surface area contributed by atoms with Gasteiger partial charge in [0, 0.05) is 6.42 Å². The SMILES string of the molecule is CCOC(=O)C1=C(c2ccccc2)NC(=O)NC(N2C(=O)c3ccccc3C2=O)C1. The summed E-state index contributed by atoms with van der Waals surface area (Å²) in [6, 6.07) is 14.7. The highest BCUT2D eigenvalue weighted by atomic mass is 16.5. The van der Waals surface area contributed by atoms with Crippen LogP contribution in [0.2, 0.25) is 0 Å². The third-order valence-corrected chi connectivity index (χ3v) is 4.96. The number of benzene rings is 2. The van der Waals surface area contributed by atoms with Crippen LogP contribution in [0, 0.1) is 0 Å². The highest BCUT2D eigenvalue weighted by Crippen LogP contribution is 2.29. The summed E-state index contributed by atoms with van der Waals surface area (Å²) in [5, 5.41) is 5.30. The number of ether oxygens (including phenoxy) is 1. The van der Waals surface area contributed by atoms with Crippen molar-refractivity contribution in [3.63, 3.8) is 0 Å². The topological polar surface area (TPSA) is 105 Å². The molecular formula is C22H19N3O5. The smallest absolute Gasteiger partial charge is 0.336 e. The molecule has 30 heavy (non-hydrogen) atoms. The third kappa shape index (κ3) is 3.32. The Kier molecular flexibility index (Phi) is 5.05. The number of amides is 4. The van der Waals surface area contributed by atoms with Gasteiger partial charge < -0.3 is 15.4 Å². The van der Waals surface area contributed by atoms with Crippen molar-refractivity contribution in [2.75, 3.05) is 6.61 Å². The van der Waals surface area contributed by atoms with Crippen molar-refractivity contribution in [1.29, 1.82) is 0 Å². The fraction of sp³-hybridized carbons (Fsp3) is 0.182. The van der Waals surface area contributed by atoms with Gasteiger partial charge in [0.1, 0.15) is 6.17 Å². The van der Waals surface area contributed by atoms with Crippen LogP contribution < -0.4 is 10.6 Å². The van der Waals surface area contributed by atoms with Crippen molar-refractivity contribution in [3.8, 4) is 0 Å². The Bertz CT molecular complexity index is 1040. The van der Waals surface area contributed by atoms with Crippen LogP contribution in [0.3, 0.4) is 0 Å². The van der Waals surface area contributed by atoms with Gasteiger partial charge >= 0.3 is 12.0 Å². The zero-order chi connectivity index (χ0) is 21.3. The van der Waals surface area contributed by atoms with E-state index < -0.39 is 30.0 Å². The number of carbonyl (C=O) groups is 4. The molecule has 0 radical (unpaired) electrons. The van der Waals surface area contributed by atoms with Gasteiger partial charge in [-0.3, -0.25) is 14.5 Å². The lowest BCUT2D eigenvalue weighted by Crippen LogP contribution is -2.52. The molecule has 2 aromatic rings. The van der Waals surface area contributed by atoms with Crippen molar-refractivity contribution >= 4 is 29.5 Å². The first-order valence-electron chi connectivity index (χ1n) is 9.51. The highest BCUT2D eigenvalue weighted by Gasteiger charge is 2.42. The fourth-order valence-electron chi connectivity index (χ4n) is 3.62. The number of rotatable bonds is 4. The Balaban J connectivity index is 1.77. The quantitative estimate of drug-likeness (QED) is 0.600. The molecule has 2 aromatic carbocycles. The van der Waals surface area contributed by atoms with E-state index in [-0.39, 0.29) is 35.4 Å². The molecule has 1 unspecified atom stereocenters. The largest absolute Gasteiger partial charge is 0.463 e. The second-order valence-electron chi connectivity index (χ2n) is 6.78. The standard InChI is InChI=1S/C22H19N3O5/c1-2-30-21(28)16-12-17(23-22(29)24-18(16)13-8-4-3-5-9-13)25-19(26)14-10-6-7-11-15(14)20(25)27/h3-11,17H,2,12H2,1H3,(H2,23,24,29). The lowest BCUT2D eigenvalue weighted by molar-refractivity contribution is -0.138. The fourth-order valence-corrected chi connectivity index (χ4v) is 3.62. The van der Waals surface area contributed by atoms with E-state index in [0.717, 1.165) is 4.90 Å². The number of urea groups is 1. The van der Waals surface area contributed by atoms with E-state index in [1.165, 1.54) is 0 Å². The maximum absolute atomic E-state index is 12.9. The molecule has 2 N–H and O–H groups in total. The molecule has 0 aliphatic carbocycles. The molecular weight excluding hydrogens is 386 g/mol. The summed E-state index contributed by atoms with van der Waals surface area (Å²) in [4.78, 5) is 52.1. The predicted octanol–water partition coefficient (Wildman–Crippen LogP) is 2.29. The van der Waals surface area contributed by atoms with Gasteiger partial charge in [0.2, 0.25) is 0 Å². The zero-order valence-electron chi connectivity index (χ0n) is 16.2. The summed E-state index contributed by atoms with van der Waals surface area (Å²) in [5.41, 5.74) is 1.59. The van der Waals surface area contributed by atoms with Gasteiger partial charge in [-0.15, -0.1) is 0 Å². The normalized spacial score (nSPS) is 18.5. The van der Waals surface area contributed by atoms with Crippen LogP contribution in [0.25, 0.3) is 5.70 Å². The third-order valence-electron chi connectivity index (χ3n) is 4.96. The molecule has 0 fully saturated rings. The first kappa shape index (κ1) is 19.4. The van der Waals surface area contributed by atoms with E-state index in [4.69, 9.17) is 4.74 Å². The van der Waals surface area contributed by atoms with Gasteiger partial charge in [-0.1, -0.05) is 42.5 Å². The van der Waals surface area contributed by atoms with E-state index in [1.807, 2.05) is 6.07 Å². The number of hydrogen-bond acceptors (Lipinski definition) is 5. The molecule has 2 heterocycles. The summed E-state index contributed by atoms with van der Waals surface area (Å²) < 4.78 is 5.19. The van der Waals surface area contributed by atoms with Crippen LogP contribution in [0.1, 0.15) is 39.6 Å². The monoisotopic (exact) mass is 405 g/mol. The van der Waals surface area contributed by atoms with Gasteiger partial charge in [0.15, 0.2) is 0 Å². The van der Waals surface area contributed by atoms with Crippen molar-refractivity contribution in [1.82, 2.24) is 15.5 Å². The molecule has 4 amide bonds. The van der Waals surface area contributed by atoms with Crippen molar-refractivity contribution in [2.45, 2.75) is 19.5 Å². The molecule has 0 aromatic heterocycles. The maximum atomic E-state index is 12.9. The van der Waals surface area contributed by atoms with Gasteiger partial charge in [-0.2, -0.15) is 0 Å². The van der Waals surface area contributed by atoms with E-state index >= 15 is 0 Å². The van der Waals surface area contributed by atoms with Gasteiger partial charge in [-0.05, 0) is 24.6 Å². The molecule has 1 atom stereocenters. The number of nitrogens with zero attached hydrogens (tertiary/aromatic N) is 1. The maximum Gasteiger partial charge on any atom is 0.336 e. The van der Waals surface area contributed by atoms with Crippen molar-refractivity contribution < 1.29 is 23.9 Å². The van der Waals surface area contributed by atoms with Crippen LogP contribution in [-0.4, -0.2) is 41.5 Å². The predicted molar refractivity (Wildman–Crippen MR) is 107 cm³/mol. The number of imide groups is 1. The Hall–Kier alpha value is -3.94. The number of fused-ring (bicyclic) bond motifs is 1. The molecule has 8 nitrogen and oxygen atoms in total. The first-order valence-corrected chi connectivity index (χ1v) is 9.51. The van der Waals surface area contributed by atoms with Crippen molar-refractivity contribution in [3.05, 3.63) is 76.9 Å². The highest BCUT2D eigenvalue weighted by molar-refractivity contribution is 6.21. The summed E-state index contributed by atoms with van der Waals surface area (Å²) in [6.45, 7) is 1.82. The summed E-state index contributed by atoms with van der Waals surface area (Å²) >= 11 is 0. The van der Waals surface area contributed by atoms with Crippen LogP contribution in [0.15, 0.2) is 60.2 Å². The summed E-state index contributed by atoms with van der Waals surface area (Å²) in [7, 11) is 0. The summed E-state index contributed by atoms with van der Waals surface area (Å²) in [5.74, 6) is -1.67. The number of hydrogen-bond donors (Lipinski definition) is 2. The minimum atomic E-state index is -1.04. The lowest BCUT2D eigenvalue weighted by atomic mass is 10.0. The second kappa shape index (κ2) is 7.82. The van der Waals surface area contributed by atoms with Gasteiger partial charge in [0.05, 0.1) is 29.0 Å². The second-order valence-corrected chi connectivity index (χ2v) is 6.78. The minimum Gasteiger partial charge on any atom is -0.463 e. The van der Waals surface area contributed by atoms with Gasteiger partial charge in [-0.25, -0.2) is 9.59 Å². The van der Waals surface area contributed by atoms with Gasteiger partial charge in [0.25, 0.3) is 11.8 Å². The molecule has 0 spiro atoms. The molecule has 0 saturated heterocycles. The number of esters is 1. The Morgan fingerprint density at radius 2 is 1.60 bits per heavy atom. The van der Waals surface area contributed by atoms with Crippen LogP contribution in [0.5, 0.6) is 0 Å². The number of nitrogens with one attached hydrogen (secondary N) is 2. The van der Waals surface area contributed by atoms with E-state index in [1.54, 1.807) is 55.5 Å². The molecule has 0 saturated carbocycles. The van der Waals surface area contributed by atoms with Crippen LogP contribution in [-0.2, 0) is 9.53 Å². The van der Waals surface area contributed by atoms with Crippen molar-refractivity contribution in [2.24, 2.45) is 0 Å². The molecule has 152 valence electrons. The Morgan fingerprint density at radius 3 is 2.20 bits per heavy atom.